The highest BCUT2D eigenvalue weighted by Gasteiger charge is 2.42. The van der Waals surface area contributed by atoms with E-state index in [2.05, 4.69) is 15.3 Å². The van der Waals surface area contributed by atoms with Gasteiger partial charge in [-0.2, -0.15) is 0 Å². The van der Waals surface area contributed by atoms with Gasteiger partial charge in [0.05, 0.1) is 16.9 Å². The number of fused-ring (bicyclic) bond motifs is 3. The molecular formula is C17H22N4O2. The van der Waals surface area contributed by atoms with Crippen molar-refractivity contribution in [2.24, 2.45) is 11.7 Å². The van der Waals surface area contributed by atoms with Crippen molar-refractivity contribution in [2.75, 3.05) is 5.32 Å². The van der Waals surface area contributed by atoms with Gasteiger partial charge in [-0.25, -0.2) is 4.98 Å². The van der Waals surface area contributed by atoms with E-state index in [0.717, 1.165) is 55.2 Å². The second-order valence-corrected chi connectivity index (χ2v) is 7.02. The van der Waals surface area contributed by atoms with Crippen molar-refractivity contribution in [3.05, 3.63) is 24.0 Å². The Morgan fingerprint density at radius 3 is 3.13 bits per heavy atom. The van der Waals surface area contributed by atoms with E-state index in [1.807, 2.05) is 12.3 Å². The molecule has 2 saturated carbocycles. The Labute approximate surface area is 134 Å². The number of pyridine rings is 1. The van der Waals surface area contributed by atoms with E-state index in [9.17, 15) is 9.90 Å². The van der Waals surface area contributed by atoms with Gasteiger partial charge < -0.3 is 21.1 Å². The van der Waals surface area contributed by atoms with E-state index in [-0.39, 0.29) is 6.04 Å². The van der Waals surface area contributed by atoms with Crippen molar-refractivity contribution in [2.45, 2.75) is 50.2 Å². The predicted octanol–water partition coefficient (Wildman–Crippen LogP) is 2.16. The van der Waals surface area contributed by atoms with Crippen LogP contribution in [0.15, 0.2) is 18.5 Å². The summed E-state index contributed by atoms with van der Waals surface area (Å²) in [6, 6.07) is 2.17. The molecule has 122 valence electrons. The molecule has 2 aliphatic carbocycles. The molecule has 2 aromatic heterocycles. The Bertz CT molecular complexity index is 756. The number of H-pyrrole nitrogens is 1. The maximum Gasteiger partial charge on any atom is 0.252 e. The highest BCUT2D eigenvalue weighted by molar-refractivity contribution is 6.05. The first kappa shape index (κ1) is 14.5. The summed E-state index contributed by atoms with van der Waals surface area (Å²) in [5, 5.41) is 15.0. The molecule has 0 aromatic carbocycles. The van der Waals surface area contributed by atoms with Gasteiger partial charge in [0.15, 0.2) is 0 Å². The highest BCUT2D eigenvalue weighted by atomic mass is 16.3. The lowest BCUT2D eigenvalue weighted by Crippen LogP contribution is -2.47. The zero-order chi connectivity index (χ0) is 16.0. The fraction of sp³-hybridized carbons (Fsp3) is 0.529. The lowest BCUT2D eigenvalue weighted by Gasteiger charge is -2.46. The van der Waals surface area contributed by atoms with Crippen LogP contribution in [0.2, 0.25) is 0 Å². The third kappa shape index (κ3) is 2.47. The number of hydrogen-bond donors (Lipinski definition) is 4. The van der Waals surface area contributed by atoms with Crippen molar-refractivity contribution in [1.82, 2.24) is 9.97 Å². The van der Waals surface area contributed by atoms with E-state index >= 15 is 0 Å². The number of amides is 1. The second-order valence-electron chi connectivity index (χ2n) is 7.02. The van der Waals surface area contributed by atoms with Gasteiger partial charge in [0, 0.05) is 23.8 Å². The molecule has 4 rings (SSSR count). The molecule has 2 aliphatic rings. The first-order valence-electron chi connectivity index (χ1n) is 8.30. The number of carbonyl (C=O) groups excluding carboxylic acids is 1. The third-order valence-corrected chi connectivity index (χ3v) is 5.53. The third-order valence-electron chi connectivity index (χ3n) is 5.53. The quantitative estimate of drug-likeness (QED) is 0.697. The van der Waals surface area contributed by atoms with Gasteiger partial charge in [-0.1, -0.05) is 6.42 Å². The molecule has 2 aromatic rings. The summed E-state index contributed by atoms with van der Waals surface area (Å²) in [4.78, 5) is 19.1. The molecule has 0 radical (unpaired) electrons. The number of primary amides is 1. The van der Waals surface area contributed by atoms with Crippen LogP contribution in [0.3, 0.4) is 0 Å². The topological polar surface area (TPSA) is 104 Å². The van der Waals surface area contributed by atoms with E-state index in [4.69, 9.17) is 5.73 Å². The van der Waals surface area contributed by atoms with Gasteiger partial charge in [0.25, 0.3) is 5.91 Å². The minimum atomic E-state index is -0.477. The molecule has 2 bridgehead atoms. The van der Waals surface area contributed by atoms with Crippen LogP contribution in [0.25, 0.3) is 11.0 Å². The van der Waals surface area contributed by atoms with Gasteiger partial charge in [0.1, 0.15) is 5.65 Å². The predicted molar refractivity (Wildman–Crippen MR) is 88.2 cm³/mol. The maximum absolute atomic E-state index is 11.8. The molecule has 6 nitrogen and oxygen atoms in total. The minimum Gasteiger partial charge on any atom is -0.390 e. The van der Waals surface area contributed by atoms with Crippen molar-refractivity contribution in [3.8, 4) is 0 Å². The number of nitrogens with two attached hydrogens (primary N) is 1. The summed E-state index contributed by atoms with van der Waals surface area (Å²) in [7, 11) is 0. The standard InChI is InChI=1S/C17H22N4O2/c18-15(22)12-9-20-16-11(4-7-19-16)14(12)21-13-3-6-17(23)5-1-2-10(13)8-17/h4,7,9-10,13,23H,1-3,5-6,8H2,(H2,18,22)(H2,19,20,21)/t10-,13+,17+/m0/s1. The van der Waals surface area contributed by atoms with Crippen LogP contribution in [-0.4, -0.2) is 32.6 Å². The normalized spacial score (nSPS) is 30.3. The molecule has 6 heteroatoms. The number of nitrogens with zero attached hydrogens (tertiary/aromatic N) is 1. The summed E-state index contributed by atoms with van der Waals surface area (Å²) in [5.74, 6) is -0.0376. The molecular weight excluding hydrogens is 292 g/mol. The average molecular weight is 314 g/mol. The average Bonchev–Trinajstić information content (AvgIpc) is 2.99. The fourth-order valence-electron chi connectivity index (χ4n) is 4.34. The lowest BCUT2D eigenvalue weighted by molar-refractivity contribution is -0.0508. The van der Waals surface area contributed by atoms with E-state index in [0.29, 0.717) is 11.5 Å². The second kappa shape index (κ2) is 5.23. The number of rotatable bonds is 3. The zero-order valence-corrected chi connectivity index (χ0v) is 13.0. The summed E-state index contributed by atoms with van der Waals surface area (Å²) in [5.41, 5.74) is 6.99. The monoisotopic (exact) mass is 314 g/mol. The Morgan fingerprint density at radius 2 is 2.30 bits per heavy atom. The molecule has 2 fully saturated rings. The summed E-state index contributed by atoms with van der Waals surface area (Å²) < 4.78 is 0. The number of aromatic nitrogens is 2. The number of aromatic amines is 1. The van der Waals surface area contributed by atoms with Gasteiger partial charge in [0.2, 0.25) is 0 Å². The van der Waals surface area contributed by atoms with Crippen LogP contribution in [0.5, 0.6) is 0 Å². The summed E-state index contributed by atoms with van der Waals surface area (Å²) in [6.07, 6.45) is 9.02. The van der Waals surface area contributed by atoms with Gasteiger partial charge in [-0.15, -0.1) is 0 Å². The largest absolute Gasteiger partial charge is 0.390 e. The van der Waals surface area contributed by atoms with Crippen molar-refractivity contribution < 1.29 is 9.90 Å². The van der Waals surface area contributed by atoms with Crippen LogP contribution in [0.4, 0.5) is 5.69 Å². The SMILES string of the molecule is NC(=O)c1cnc2[nH]ccc2c1N[C@@H]1CC[C@]2(O)CCC[C@H]1C2. The number of hydrogen-bond acceptors (Lipinski definition) is 4. The van der Waals surface area contributed by atoms with Crippen molar-refractivity contribution >= 4 is 22.6 Å². The Kier molecular flexibility index (Phi) is 3.30. The first-order valence-corrected chi connectivity index (χ1v) is 8.30. The van der Waals surface area contributed by atoms with Crippen LogP contribution >= 0.6 is 0 Å². The van der Waals surface area contributed by atoms with Gasteiger partial charge >= 0.3 is 0 Å². The summed E-state index contributed by atoms with van der Waals surface area (Å²) >= 11 is 0. The Hall–Kier alpha value is -2.08. The smallest absolute Gasteiger partial charge is 0.252 e. The Balaban J connectivity index is 1.68. The number of aliphatic hydroxyl groups is 1. The van der Waals surface area contributed by atoms with Crippen LogP contribution in [0, 0.1) is 5.92 Å². The van der Waals surface area contributed by atoms with E-state index in [1.165, 1.54) is 6.20 Å². The molecule has 0 spiro atoms. The lowest BCUT2D eigenvalue weighted by atomic mass is 9.67. The number of carbonyl (C=O) groups is 1. The van der Waals surface area contributed by atoms with Gasteiger partial charge in [-0.3, -0.25) is 4.79 Å². The van der Waals surface area contributed by atoms with Gasteiger partial charge in [-0.05, 0) is 44.1 Å². The fourth-order valence-corrected chi connectivity index (χ4v) is 4.34. The molecule has 0 saturated heterocycles. The Morgan fingerprint density at radius 1 is 1.43 bits per heavy atom. The zero-order valence-electron chi connectivity index (χ0n) is 13.0. The van der Waals surface area contributed by atoms with Crippen LogP contribution in [-0.2, 0) is 0 Å². The van der Waals surface area contributed by atoms with E-state index < -0.39 is 11.5 Å². The molecule has 2 heterocycles. The maximum atomic E-state index is 11.8. The number of anilines is 1. The first-order chi connectivity index (χ1) is 11.1. The minimum absolute atomic E-state index is 0.258. The molecule has 1 amide bonds. The van der Waals surface area contributed by atoms with Crippen LogP contribution < -0.4 is 11.1 Å². The van der Waals surface area contributed by atoms with Crippen LogP contribution in [0.1, 0.15) is 48.9 Å². The molecule has 5 N–H and O–H groups in total. The summed E-state index contributed by atoms with van der Waals surface area (Å²) in [6.45, 7) is 0. The molecule has 23 heavy (non-hydrogen) atoms. The highest BCUT2D eigenvalue weighted by Crippen LogP contribution is 2.44. The molecule has 0 aliphatic heterocycles. The number of nitrogens with one attached hydrogen (secondary N) is 2. The molecule has 0 unspecified atom stereocenters. The van der Waals surface area contributed by atoms with E-state index in [1.54, 1.807) is 0 Å². The van der Waals surface area contributed by atoms with Crippen molar-refractivity contribution in [3.63, 3.8) is 0 Å². The molecule has 3 atom stereocenters. The van der Waals surface area contributed by atoms with Crippen molar-refractivity contribution in [1.29, 1.82) is 0 Å².